The fourth-order valence-corrected chi connectivity index (χ4v) is 2.40. The van der Waals surface area contributed by atoms with E-state index in [-0.39, 0.29) is 5.95 Å². The van der Waals surface area contributed by atoms with Gasteiger partial charge in [0.1, 0.15) is 5.82 Å². The van der Waals surface area contributed by atoms with E-state index >= 15 is 0 Å². The third-order valence-electron chi connectivity index (χ3n) is 3.80. The lowest BCUT2D eigenvalue weighted by Gasteiger charge is -2.17. The minimum absolute atomic E-state index is 0.251. The van der Waals surface area contributed by atoms with Crippen molar-refractivity contribution in [1.29, 1.82) is 0 Å². The molecule has 2 aromatic rings. The number of nitrogens with one attached hydrogen (secondary N) is 1. The maximum atomic E-state index is 5.92. The second kappa shape index (κ2) is 8.17. The fourth-order valence-electron chi connectivity index (χ4n) is 2.28. The van der Waals surface area contributed by atoms with Gasteiger partial charge in [-0.1, -0.05) is 36.8 Å². The normalized spacial score (nSPS) is 10.9. The van der Waals surface area contributed by atoms with Crippen LogP contribution in [0.5, 0.6) is 0 Å². The number of nitrogens with zero attached hydrogens (tertiary/aromatic N) is 3. The molecule has 0 fully saturated rings. The Bertz CT molecular complexity index is 788. The topological polar surface area (TPSA) is 76.7 Å². The van der Waals surface area contributed by atoms with Gasteiger partial charge in [0.2, 0.25) is 5.95 Å². The minimum atomic E-state index is -0.431. The summed E-state index contributed by atoms with van der Waals surface area (Å²) in [7, 11) is 0. The molecule has 0 atom stereocenters. The Balaban J connectivity index is 2.36. The van der Waals surface area contributed by atoms with E-state index in [1.807, 2.05) is 32.9 Å². The maximum absolute atomic E-state index is 5.92. The first-order chi connectivity index (χ1) is 11.8. The average molecular weight is 358 g/mol. The van der Waals surface area contributed by atoms with Crippen LogP contribution in [-0.4, -0.2) is 21.5 Å². The molecule has 0 aromatic carbocycles. The van der Waals surface area contributed by atoms with E-state index in [0.29, 0.717) is 10.8 Å². The quantitative estimate of drug-likeness (QED) is 0.625. The number of aryl methyl sites for hydroxylation is 1. The molecule has 6 heteroatoms. The smallest absolute Gasteiger partial charge is 0.222 e. The lowest BCUT2D eigenvalue weighted by atomic mass is 9.89. The van der Waals surface area contributed by atoms with Crippen molar-refractivity contribution < 1.29 is 0 Å². The van der Waals surface area contributed by atoms with E-state index in [0.717, 1.165) is 36.3 Å². The van der Waals surface area contributed by atoms with Crippen molar-refractivity contribution in [3.05, 3.63) is 40.3 Å². The van der Waals surface area contributed by atoms with Crippen LogP contribution < -0.4 is 11.1 Å². The summed E-state index contributed by atoms with van der Waals surface area (Å²) in [5.41, 5.74) is 7.75. The second-order valence-electron chi connectivity index (χ2n) is 6.41. The van der Waals surface area contributed by atoms with E-state index < -0.39 is 5.41 Å². The summed E-state index contributed by atoms with van der Waals surface area (Å²) in [6.45, 7) is 8.90. The van der Waals surface area contributed by atoms with Crippen LogP contribution in [0.2, 0.25) is 5.02 Å². The molecule has 132 valence electrons. The highest BCUT2D eigenvalue weighted by molar-refractivity contribution is 6.30. The highest BCUT2D eigenvalue weighted by Gasteiger charge is 2.19. The van der Waals surface area contributed by atoms with Gasteiger partial charge in [-0.15, -0.1) is 0 Å². The second-order valence-corrected chi connectivity index (χ2v) is 6.84. The van der Waals surface area contributed by atoms with Gasteiger partial charge in [0.15, 0.2) is 0 Å². The van der Waals surface area contributed by atoms with Crippen LogP contribution in [0, 0.1) is 18.8 Å². The molecule has 0 aliphatic heterocycles. The molecule has 0 saturated carbocycles. The molecule has 0 amide bonds. The summed E-state index contributed by atoms with van der Waals surface area (Å²) in [5, 5.41) is 3.92. The fraction of sp³-hybridized carbons (Fsp3) is 0.421. The van der Waals surface area contributed by atoms with Gasteiger partial charge in [0, 0.05) is 12.7 Å². The highest BCUT2D eigenvalue weighted by Crippen LogP contribution is 2.23. The van der Waals surface area contributed by atoms with Crippen molar-refractivity contribution in [1.82, 2.24) is 15.0 Å². The summed E-state index contributed by atoms with van der Waals surface area (Å²) in [4.78, 5) is 12.9. The molecule has 0 radical (unpaired) electrons. The Morgan fingerprint density at radius 1 is 1.28 bits per heavy atom. The SMILES string of the molecule is CCCCNc1nc(N)nc(C)c1C#CC(C)(C)c1ccc(Cl)cn1. The molecule has 0 spiro atoms. The Morgan fingerprint density at radius 3 is 2.68 bits per heavy atom. The number of anilines is 2. The molecule has 5 nitrogen and oxygen atoms in total. The van der Waals surface area contributed by atoms with Crippen molar-refractivity contribution in [2.45, 2.75) is 46.0 Å². The zero-order valence-electron chi connectivity index (χ0n) is 15.2. The zero-order chi connectivity index (χ0) is 18.4. The van der Waals surface area contributed by atoms with E-state index in [9.17, 15) is 0 Å². The van der Waals surface area contributed by atoms with E-state index in [2.05, 4.69) is 39.0 Å². The molecule has 3 N–H and O–H groups in total. The number of nitrogens with two attached hydrogens (primary N) is 1. The van der Waals surface area contributed by atoms with Crippen molar-refractivity contribution in [2.75, 3.05) is 17.6 Å². The van der Waals surface area contributed by atoms with Crippen LogP contribution in [0.15, 0.2) is 18.3 Å². The number of halogens is 1. The molecule has 0 bridgehead atoms. The summed E-state index contributed by atoms with van der Waals surface area (Å²) >= 11 is 5.92. The number of aromatic nitrogens is 3. The summed E-state index contributed by atoms with van der Waals surface area (Å²) in [6.07, 6.45) is 3.79. The first kappa shape index (κ1) is 19.0. The lowest BCUT2D eigenvalue weighted by Crippen LogP contribution is -2.16. The van der Waals surface area contributed by atoms with Gasteiger partial charge in [-0.05, 0) is 39.3 Å². The van der Waals surface area contributed by atoms with Crippen LogP contribution in [0.4, 0.5) is 11.8 Å². The van der Waals surface area contributed by atoms with Gasteiger partial charge in [0.05, 0.1) is 27.4 Å². The Hall–Kier alpha value is -2.32. The Morgan fingerprint density at radius 2 is 2.04 bits per heavy atom. The van der Waals surface area contributed by atoms with Gasteiger partial charge in [0.25, 0.3) is 0 Å². The summed E-state index contributed by atoms with van der Waals surface area (Å²) < 4.78 is 0. The summed E-state index contributed by atoms with van der Waals surface area (Å²) in [5.74, 6) is 7.45. The standard InChI is InChI=1S/C19H24ClN5/c1-5-6-11-22-17-15(13(2)24-18(21)25-17)9-10-19(3,4)16-8-7-14(20)12-23-16/h7-8,12H,5-6,11H2,1-4H3,(H3,21,22,24,25). The molecule has 2 heterocycles. The number of hydrogen-bond donors (Lipinski definition) is 2. The molecule has 2 aromatic heterocycles. The largest absolute Gasteiger partial charge is 0.369 e. The van der Waals surface area contributed by atoms with Crippen molar-refractivity contribution in [3.8, 4) is 11.8 Å². The van der Waals surface area contributed by atoms with Gasteiger partial charge < -0.3 is 11.1 Å². The molecule has 0 unspecified atom stereocenters. The third kappa shape index (κ3) is 5.07. The number of unbranched alkanes of at least 4 members (excludes halogenated alkanes) is 1. The maximum Gasteiger partial charge on any atom is 0.222 e. The first-order valence-electron chi connectivity index (χ1n) is 8.36. The van der Waals surface area contributed by atoms with Gasteiger partial charge in [-0.25, -0.2) is 4.98 Å². The van der Waals surface area contributed by atoms with Crippen LogP contribution in [0.25, 0.3) is 0 Å². The first-order valence-corrected chi connectivity index (χ1v) is 8.74. The van der Waals surface area contributed by atoms with Crippen molar-refractivity contribution >= 4 is 23.4 Å². The average Bonchev–Trinajstić information content (AvgIpc) is 2.54. The number of pyridine rings is 1. The van der Waals surface area contributed by atoms with Crippen molar-refractivity contribution in [2.24, 2.45) is 0 Å². The monoisotopic (exact) mass is 357 g/mol. The molecule has 0 aliphatic carbocycles. The zero-order valence-corrected chi connectivity index (χ0v) is 15.9. The van der Waals surface area contributed by atoms with E-state index in [1.54, 1.807) is 6.20 Å². The molecular formula is C19H24ClN5. The van der Waals surface area contributed by atoms with Crippen LogP contribution in [0.1, 0.15) is 50.6 Å². The highest BCUT2D eigenvalue weighted by atomic mass is 35.5. The predicted molar refractivity (Wildman–Crippen MR) is 104 cm³/mol. The molecular weight excluding hydrogens is 334 g/mol. The Kier molecular flexibility index (Phi) is 6.22. The van der Waals surface area contributed by atoms with Crippen molar-refractivity contribution in [3.63, 3.8) is 0 Å². The number of nitrogen functional groups attached to an aromatic ring is 1. The van der Waals surface area contributed by atoms with Crippen LogP contribution in [0.3, 0.4) is 0 Å². The molecule has 2 rings (SSSR count). The third-order valence-corrected chi connectivity index (χ3v) is 4.02. The van der Waals surface area contributed by atoms with E-state index in [4.69, 9.17) is 17.3 Å². The van der Waals surface area contributed by atoms with Crippen LogP contribution in [-0.2, 0) is 5.41 Å². The predicted octanol–water partition coefficient (Wildman–Crippen LogP) is 3.96. The van der Waals surface area contributed by atoms with Gasteiger partial charge >= 0.3 is 0 Å². The Labute approximate surface area is 154 Å². The lowest BCUT2D eigenvalue weighted by molar-refractivity contribution is 0.670. The van der Waals surface area contributed by atoms with Gasteiger partial charge in [-0.3, -0.25) is 4.98 Å². The molecule has 0 saturated heterocycles. The molecule has 0 aliphatic rings. The number of hydrogen-bond acceptors (Lipinski definition) is 5. The number of rotatable bonds is 5. The van der Waals surface area contributed by atoms with E-state index in [1.165, 1.54) is 0 Å². The van der Waals surface area contributed by atoms with Crippen LogP contribution >= 0.6 is 11.6 Å². The molecule has 25 heavy (non-hydrogen) atoms. The minimum Gasteiger partial charge on any atom is -0.369 e. The van der Waals surface area contributed by atoms with Gasteiger partial charge in [-0.2, -0.15) is 4.98 Å². The summed E-state index contributed by atoms with van der Waals surface area (Å²) in [6, 6.07) is 3.71.